The van der Waals surface area contributed by atoms with E-state index in [2.05, 4.69) is 26.4 Å². The Morgan fingerprint density at radius 3 is 2.00 bits per heavy atom. The summed E-state index contributed by atoms with van der Waals surface area (Å²) in [6.45, 7) is 0. The monoisotopic (exact) mass is 683 g/mol. The summed E-state index contributed by atoms with van der Waals surface area (Å²) in [6, 6.07) is 4.13. The Hall–Kier alpha value is -3.47. The fourth-order valence-corrected chi connectivity index (χ4v) is 3.96. The largest absolute Gasteiger partial charge is 0.435 e. The first-order chi connectivity index (χ1) is 18.7. The summed E-state index contributed by atoms with van der Waals surface area (Å²) < 4.78 is 149. The van der Waals surface area contributed by atoms with Crippen molar-refractivity contribution in [1.82, 2.24) is 4.98 Å². The highest BCUT2D eigenvalue weighted by Crippen LogP contribution is 2.54. The zero-order chi connectivity index (χ0) is 31.1. The van der Waals surface area contributed by atoms with Crippen molar-refractivity contribution >= 4 is 50.9 Å². The lowest BCUT2D eigenvalue weighted by atomic mass is 9.92. The van der Waals surface area contributed by atoms with E-state index in [-0.39, 0.29) is 26.8 Å². The molecule has 0 bridgehead atoms. The summed E-state index contributed by atoms with van der Waals surface area (Å²) in [5.41, 5.74) is -14.1. The Balaban J connectivity index is 2.04. The fraction of sp³-hybridized carbons (Fsp3) is 0.174. The van der Waals surface area contributed by atoms with Crippen molar-refractivity contribution in [3.63, 3.8) is 0 Å². The molecule has 0 fully saturated rings. The molecule has 1 N–H and O–H groups in total. The molecule has 5 nitrogen and oxygen atoms in total. The highest BCUT2D eigenvalue weighted by atomic mass is 79.9. The normalized spacial score (nSPS) is 12.7. The number of hydrogen-bond acceptors (Lipinski definition) is 3. The van der Waals surface area contributed by atoms with Crippen molar-refractivity contribution in [2.24, 2.45) is 0 Å². The van der Waals surface area contributed by atoms with Crippen LogP contribution in [0.25, 0.3) is 0 Å². The minimum Gasteiger partial charge on any atom is -0.319 e. The molecule has 3 rings (SSSR count). The van der Waals surface area contributed by atoms with Crippen LogP contribution in [-0.4, -0.2) is 29.2 Å². The van der Waals surface area contributed by atoms with Gasteiger partial charge in [0.05, 0.1) is 44.2 Å². The van der Waals surface area contributed by atoms with Gasteiger partial charge in [-0.3, -0.25) is 9.59 Å². The number of halogens is 13. The molecular formula is C23H10BrClF11N3O2. The van der Waals surface area contributed by atoms with Crippen LogP contribution in [0.15, 0.2) is 54.7 Å². The molecule has 2 amide bonds. The van der Waals surface area contributed by atoms with Gasteiger partial charge in [0.2, 0.25) is 0 Å². The number of carbonyl (C=O) groups excluding carboxylic acids is 2. The third-order valence-electron chi connectivity index (χ3n) is 5.34. The number of hydrogen-bond donors (Lipinski definition) is 1. The first-order valence-electron chi connectivity index (χ1n) is 10.5. The number of alkyl halides is 10. The van der Waals surface area contributed by atoms with Crippen molar-refractivity contribution < 1.29 is 57.9 Å². The van der Waals surface area contributed by atoms with Crippen LogP contribution in [0.3, 0.4) is 0 Å². The summed E-state index contributed by atoms with van der Waals surface area (Å²) in [5, 5.41) is 2.12. The number of aromatic nitrogens is 1. The number of amides is 2. The van der Waals surface area contributed by atoms with Crippen LogP contribution in [0, 0.1) is 5.82 Å². The smallest absolute Gasteiger partial charge is 0.319 e. The van der Waals surface area contributed by atoms with E-state index in [9.17, 15) is 53.5 Å². The molecule has 2 aromatic carbocycles. The standard InChI is InChI=1S/C23H10BrClF11N3O2/c24-39(15-6-5-11(8-13(15)21(28,29)30)20(27,22(31,32)33)23(34,35)36)19(41)12-2-1-3-14(17(12)26)38-18(40)10-4-7-16(25)37-9-10/h1-9H,(H,38,40). The van der Waals surface area contributed by atoms with Gasteiger partial charge in [0.1, 0.15) is 5.15 Å². The number of carbonyl (C=O) groups is 2. The van der Waals surface area contributed by atoms with Gasteiger partial charge in [-0.15, -0.1) is 0 Å². The van der Waals surface area contributed by atoms with Gasteiger partial charge in [-0.2, -0.15) is 39.5 Å². The average molecular weight is 685 g/mol. The van der Waals surface area contributed by atoms with Crippen molar-refractivity contribution in [2.45, 2.75) is 24.2 Å². The maximum absolute atomic E-state index is 15.1. The molecule has 0 aliphatic heterocycles. The maximum Gasteiger partial charge on any atom is 0.435 e. The summed E-state index contributed by atoms with van der Waals surface area (Å²) in [7, 11) is 0. The lowest BCUT2D eigenvalue weighted by Gasteiger charge is -2.31. The molecular weight excluding hydrogens is 675 g/mol. The first kappa shape index (κ1) is 32.0. The Bertz CT molecular complexity index is 1460. The van der Waals surface area contributed by atoms with E-state index in [1.54, 1.807) is 0 Å². The molecule has 1 aromatic heterocycles. The zero-order valence-electron chi connectivity index (χ0n) is 19.3. The van der Waals surface area contributed by atoms with Crippen LogP contribution in [0.2, 0.25) is 5.15 Å². The van der Waals surface area contributed by atoms with Gasteiger partial charge in [0.25, 0.3) is 11.8 Å². The second-order valence-corrected chi connectivity index (χ2v) is 9.06. The van der Waals surface area contributed by atoms with Crippen molar-refractivity contribution in [3.8, 4) is 0 Å². The second-order valence-electron chi connectivity index (χ2n) is 7.96. The van der Waals surface area contributed by atoms with E-state index in [0.717, 1.165) is 24.4 Å². The van der Waals surface area contributed by atoms with Gasteiger partial charge < -0.3 is 5.32 Å². The predicted octanol–water partition coefficient (Wildman–Crippen LogP) is 8.39. The lowest BCUT2D eigenvalue weighted by molar-refractivity contribution is -0.348. The Kier molecular flexibility index (Phi) is 8.66. The van der Waals surface area contributed by atoms with Gasteiger partial charge in [0, 0.05) is 11.8 Å². The topological polar surface area (TPSA) is 62.3 Å². The first-order valence-corrected chi connectivity index (χ1v) is 11.5. The van der Waals surface area contributed by atoms with E-state index in [1.165, 1.54) is 12.1 Å². The molecule has 41 heavy (non-hydrogen) atoms. The highest BCUT2D eigenvalue weighted by molar-refractivity contribution is 9.10. The van der Waals surface area contributed by atoms with Crippen LogP contribution in [0.5, 0.6) is 0 Å². The minimum absolute atomic E-state index is 0.0259. The number of nitrogens with one attached hydrogen (secondary N) is 1. The Morgan fingerprint density at radius 1 is 0.878 bits per heavy atom. The van der Waals surface area contributed by atoms with Crippen LogP contribution in [0.4, 0.5) is 59.7 Å². The van der Waals surface area contributed by atoms with Crippen molar-refractivity contribution in [1.29, 1.82) is 0 Å². The zero-order valence-corrected chi connectivity index (χ0v) is 21.7. The third kappa shape index (κ3) is 6.24. The fourth-order valence-electron chi connectivity index (χ4n) is 3.35. The minimum atomic E-state index is -6.71. The number of pyridine rings is 1. The quantitative estimate of drug-likeness (QED) is 0.167. The highest BCUT2D eigenvalue weighted by Gasteiger charge is 2.73. The number of anilines is 2. The molecule has 0 radical (unpaired) electrons. The molecule has 0 unspecified atom stereocenters. The molecule has 0 saturated heterocycles. The molecule has 1 heterocycles. The van der Waals surface area contributed by atoms with Gasteiger partial charge in [-0.05, 0) is 36.4 Å². The van der Waals surface area contributed by atoms with E-state index >= 15 is 4.39 Å². The molecule has 0 aliphatic carbocycles. The van der Waals surface area contributed by atoms with E-state index < -0.39 is 76.0 Å². The van der Waals surface area contributed by atoms with Crippen LogP contribution < -0.4 is 9.24 Å². The summed E-state index contributed by atoms with van der Waals surface area (Å²) in [6.07, 6.45) is -18.1. The summed E-state index contributed by atoms with van der Waals surface area (Å²) in [5.74, 6) is -4.05. The summed E-state index contributed by atoms with van der Waals surface area (Å²) >= 11 is 8.02. The summed E-state index contributed by atoms with van der Waals surface area (Å²) in [4.78, 5) is 28.9. The molecule has 0 atom stereocenters. The molecule has 0 saturated carbocycles. The molecule has 0 aliphatic rings. The molecule has 18 heteroatoms. The van der Waals surface area contributed by atoms with E-state index in [0.29, 0.717) is 0 Å². The van der Waals surface area contributed by atoms with Crippen LogP contribution in [-0.2, 0) is 11.8 Å². The molecule has 3 aromatic rings. The molecule has 0 spiro atoms. The SMILES string of the molecule is O=C(Nc1cccc(C(=O)N(Br)c2ccc(C(F)(C(F)(F)F)C(F)(F)F)cc2C(F)(F)F)c1F)c1ccc(Cl)nc1. The lowest BCUT2D eigenvalue weighted by Crippen LogP contribution is -2.50. The van der Waals surface area contributed by atoms with E-state index in [4.69, 9.17) is 11.6 Å². The average Bonchev–Trinajstić information content (AvgIpc) is 2.86. The van der Waals surface area contributed by atoms with Crippen molar-refractivity contribution in [2.75, 3.05) is 9.24 Å². The van der Waals surface area contributed by atoms with Crippen LogP contribution in [0.1, 0.15) is 31.8 Å². The number of rotatable bonds is 5. The van der Waals surface area contributed by atoms with Gasteiger partial charge in [-0.25, -0.2) is 17.7 Å². The number of benzene rings is 2. The maximum atomic E-state index is 15.1. The third-order valence-corrected chi connectivity index (χ3v) is 6.27. The van der Waals surface area contributed by atoms with Gasteiger partial charge >= 0.3 is 24.2 Å². The van der Waals surface area contributed by atoms with Gasteiger partial charge in [0.15, 0.2) is 5.82 Å². The second kappa shape index (κ2) is 11.1. The molecule has 220 valence electrons. The van der Waals surface area contributed by atoms with Crippen LogP contribution >= 0.6 is 27.7 Å². The Morgan fingerprint density at radius 2 is 1.49 bits per heavy atom. The van der Waals surface area contributed by atoms with Crippen molar-refractivity contribution in [3.05, 3.63) is 88.0 Å². The van der Waals surface area contributed by atoms with Gasteiger partial charge in [-0.1, -0.05) is 23.7 Å². The Labute approximate surface area is 235 Å². The predicted molar refractivity (Wildman–Crippen MR) is 126 cm³/mol. The van der Waals surface area contributed by atoms with E-state index in [1.807, 2.05) is 0 Å². The number of nitrogens with zero attached hydrogens (tertiary/aromatic N) is 2.